The molecule has 144 valence electrons. The number of piperidine rings is 1. The second-order valence-corrected chi connectivity index (χ2v) is 9.92. The lowest BCUT2D eigenvalue weighted by Crippen LogP contribution is -2.49. The molecule has 0 radical (unpaired) electrons. The molecule has 3 nitrogen and oxygen atoms in total. The van der Waals surface area contributed by atoms with Gasteiger partial charge in [-0.1, -0.05) is 39.3 Å². The van der Waals surface area contributed by atoms with Gasteiger partial charge in [0.15, 0.2) is 0 Å². The van der Waals surface area contributed by atoms with Crippen LogP contribution in [0.3, 0.4) is 0 Å². The Hall–Kier alpha value is -1.00. The van der Waals surface area contributed by atoms with Crippen LogP contribution in [0.1, 0.15) is 62.4 Å². The summed E-state index contributed by atoms with van der Waals surface area (Å²) in [5, 5.41) is 0. The van der Waals surface area contributed by atoms with Gasteiger partial charge in [0.05, 0.1) is 6.04 Å². The van der Waals surface area contributed by atoms with Crippen molar-refractivity contribution in [2.24, 2.45) is 0 Å². The minimum atomic E-state index is 0.123. The van der Waals surface area contributed by atoms with Crippen LogP contribution in [0.15, 0.2) is 24.3 Å². The summed E-state index contributed by atoms with van der Waals surface area (Å²) in [5.74, 6) is 2.46. The van der Waals surface area contributed by atoms with E-state index in [0.29, 0.717) is 6.04 Å². The number of hydrogen-bond acceptors (Lipinski definition) is 3. The van der Waals surface area contributed by atoms with Crippen LogP contribution in [0.4, 0.5) is 0 Å². The van der Waals surface area contributed by atoms with E-state index in [4.69, 9.17) is 0 Å². The van der Waals surface area contributed by atoms with Crippen molar-refractivity contribution in [2.75, 3.05) is 37.7 Å². The average Bonchev–Trinajstić information content (AvgIpc) is 2.87. The highest BCUT2D eigenvalue weighted by Crippen LogP contribution is 2.24. The third-order valence-corrected chi connectivity index (χ3v) is 6.81. The van der Waals surface area contributed by atoms with E-state index in [2.05, 4.69) is 42.7 Å². The van der Waals surface area contributed by atoms with E-state index < -0.39 is 0 Å². The van der Waals surface area contributed by atoms with Gasteiger partial charge in [-0.05, 0) is 61.2 Å². The lowest BCUT2D eigenvalue weighted by atomic mass is 9.86. The third kappa shape index (κ3) is 5.04. The van der Waals surface area contributed by atoms with Gasteiger partial charge in [0.25, 0.3) is 5.91 Å². The van der Waals surface area contributed by atoms with Crippen molar-refractivity contribution >= 4 is 17.7 Å². The fourth-order valence-corrected chi connectivity index (χ4v) is 5.02. The van der Waals surface area contributed by atoms with Gasteiger partial charge in [-0.2, -0.15) is 11.8 Å². The van der Waals surface area contributed by atoms with Gasteiger partial charge in [0.1, 0.15) is 0 Å². The van der Waals surface area contributed by atoms with Crippen LogP contribution in [-0.2, 0) is 5.41 Å². The van der Waals surface area contributed by atoms with E-state index in [1.54, 1.807) is 0 Å². The van der Waals surface area contributed by atoms with Crippen LogP contribution in [0, 0.1) is 0 Å². The fourth-order valence-electron chi connectivity index (χ4n) is 3.97. The second kappa shape index (κ2) is 8.79. The Morgan fingerprint density at radius 1 is 1.04 bits per heavy atom. The van der Waals surface area contributed by atoms with Crippen molar-refractivity contribution in [3.05, 3.63) is 35.4 Å². The van der Waals surface area contributed by atoms with Crippen LogP contribution in [0.5, 0.6) is 0 Å². The van der Waals surface area contributed by atoms with E-state index >= 15 is 0 Å². The maximum atomic E-state index is 13.3. The summed E-state index contributed by atoms with van der Waals surface area (Å²) in [5.41, 5.74) is 2.25. The molecule has 1 aromatic rings. The zero-order chi connectivity index (χ0) is 18.6. The number of benzene rings is 1. The first-order valence-corrected chi connectivity index (χ1v) is 11.3. The van der Waals surface area contributed by atoms with Gasteiger partial charge in [0, 0.05) is 24.4 Å². The standard InChI is InChI=1S/C22H34N2OS/c1-22(2,3)19-10-8-18(9-11-19)21(25)24-14-7-15-26-17-20(24)16-23-12-5-4-6-13-23/h8-11,20H,4-7,12-17H2,1-3H3. The Bertz CT molecular complexity index is 587. The summed E-state index contributed by atoms with van der Waals surface area (Å²) in [6, 6.07) is 8.65. The molecule has 0 aromatic heterocycles. The molecule has 2 saturated heterocycles. The zero-order valence-corrected chi connectivity index (χ0v) is 17.5. The predicted molar refractivity (Wildman–Crippen MR) is 112 cm³/mol. The molecule has 1 aromatic carbocycles. The van der Waals surface area contributed by atoms with Crippen LogP contribution in [0.2, 0.25) is 0 Å². The number of nitrogens with zero attached hydrogens (tertiary/aromatic N) is 2. The molecule has 2 aliphatic rings. The molecule has 3 rings (SSSR count). The van der Waals surface area contributed by atoms with Gasteiger partial charge in [-0.25, -0.2) is 0 Å². The van der Waals surface area contributed by atoms with Crippen LogP contribution >= 0.6 is 11.8 Å². The van der Waals surface area contributed by atoms with Crippen LogP contribution in [0.25, 0.3) is 0 Å². The topological polar surface area (TPSA) is 23.6 Å². The maximum Gasteiger partial charge on any atom is 0.254 e. The number of thioether (sulfide) groups is 1. The number of amides is 1. The smallest absolute Gasteiger partial charge is 0.254 e. The van der Waals surface area contributed by atoms with Gasteiger partial charge >= 0.3 is 0 Å². The summed E-state index contributed by atoms with van der Waals surface area (Å²) in [6.45, 7) is 11.0. The summed E-state index contributed by atoms with van der Waals surface area (Å²) in [4.78, 5) is 18.0. The molecule has 1 unspecified atom stereocenters. The molecule has 1 amide bonds. The van der Waals surface area contributed by atoms with E-state index in [0.717, 1.165) is 30.8 Å². The highest BCUT2D eigenvalue weighted by molar-refractivity contribution is 7.99. The third-order valence-electron chi connectivity index (χ3n) is 5.62. The van der Waals surface area contributed by atoms with Gasteiger partial charge < -0.3 is 9.80 Å². The molecule has 2 fully saturated rings. The Balaban J connectivity index is 1.73. The minimum absolute atomic E-state index is 0.123. The van der Waals surface area contributed by atoms with Crippen molar-refractivity contribution < 1.29 is 4.79 Å². The number of likely N-dealkylation sites (tertiary alicyclic amines) is 1. The molecular formula is C22H34N2OS. The lowest BCUT2D eigenvalue weighted by molar-refractivity contribution is 0.0645. The highest BCUT2D eigenvalue weighted by Gasteiger charge is 2.28. The molecule has 0 saturated carbocycles. The lowest BCUT2D eigenvalue weighted by Gasteiger charge is -2.36. The van der Waals surface area contributed by atoms with E-state index in [9.17, 15) is 4.79 Å². The Morgan fingerprint density at radius 3 is 2.38 bits per heavy atom. The molecule has 0 N–H and O–H groups in total. The maximum absolute atomic E-state index is 13.3. The minimum Gasteiger partial charge on any atom is -0.334 e. The largest absolute Gasteiger partial charge is 0.334 e. The second-order valence-electron chi connectivity index (χ2n) is 8.77. The van der Waals surface area contributed by atoms with Crippen molar-refractivity contribution in [1.29, 1.82) is 0 Å². The Kier molecular flexibility index (Phi) is 6.68. The van der Waals surface area contributed by atoms with E-state index in [-0.39, 0.29) is 11.3 Å². The van der Waals surface area contributed by atoms with Gasteiger partial charge in [-0.15, -0.1) is 0 Å². The Morgan fingerprint density at radius 2 is 1.73 bits per heavy atom. The quantitative estimate of drug-likeness (QED) is 0.782. The number of rotatable bonds is 3. The SMILES string of the molecule is CC(C)(C)c1ccc(C(=O)N2CCCSCC2CN2CCCCC2)cc1. The molecule has 0 bridgehead atoms. The van der Waals surface area contributed by atoms with Crippen LogP contribution in [-0.4, -0.2) is 59.4 Å². The molecule has 2 aliphatic heterocycles. The summed E-state index contributed by atoms with van der Waals surface area (Å²) in [6.07, 6.45) is 5.08. The molecular weight excluding hydrogens is 340 g/mol. The summed E-state index contributed by atoms with van der Waals surface area (Å²) >= 11 is 2.01. The molecule has 26 heavy (non-hydrogen) atoms. The average molecular weight is 375 g/mol. The van der Waals surface area contributed by atoms with E-state index in [1.807, 2.05) is 23.9 Å². The fraction of sp³-hybridized carbons (Fsp3) is 0.682. The van der Waals surface area contributed by atoms with Crippen molar-refractivity contribution in [3.63, 3.8) is 0 Å². The molecule has 0 aliphatic carbocycles. The molecule has 1 atom stereocenters. The molecule has 0 spiro atoms. The zero-order valence-electron chi connectivity index (χ0n) is 16.7. The van der Waals surface area contributed by atoms with Crippen molar-refractivity contribution in [2.45, 2.75) is 57.9 Å². The Labute approximate surface area is 163 Å². The molecule has 4 heteroatoms. The first kappa shape index (κ1) is 19.8. The van der Waals surface area contributed by atoms with Gasteiger partial charge in [-0.3, -0.25) is 4.79 Å². The predicted octanol–water partition coefficient (Wildman–Crippen LogP) is 4.42. The van der Waals surface area contributed by atoms with Gasteiger partial charge in [0.2, 0.25) is 0 Å². The first-order valence-electron chi connectivity index (χ1n) is 10.2. The first-order chi connectivity index (χ1) is 12.4. The number of hydrogen-bond donors (Lipinski definition) is 0. The summed E-state index contributed by atoms with van der Waals surface area (Å²) in [7, 11) is 0. The number of carbonyl (C=O) groups is 1. The monoisotopic (exact) mass is 374 g/mol. The van der Waals surface area contributed by atoms with E-state index in [1.165, 1.54) is 43.7 Å². The molecule has 2 heterocycles. The van der Waals surface area contributed by atoms with Crippen LogP contribution < -0.4 is 0 Å². The van der Waals surface area contributed by atoms with Crippen molar-refractivity contribution in [1.82, 2.24) is 9.80 Å². The van der Waals surface area contributed by atoms with Crippen molar-refractivity contribution in [3.8, 4) is 0 Å². The highest BCUT2D eigenvalue weighted by atomic mass is 32.2. The summed E-state index contributed by atoms with van der Waals surface area (Å²) < 4.78 is 0. The number of carbonyl (C=O) groups excluding carboxylic acids is 1. The normalized spacial score (nSPS) is 22.9.